The highest BCUT2D eigenvalue weighted by Gasteiger charge is 2.25. The van der Waals surface area contributed by atoms with Crippen LogP contribution in [0.2, 0.25) is 0 Å². The van der Waals surface area contributed by atoms with Crippen LogP contribution < -0.4 is 4.74 Å². The Morgan fingerprint density at radius 3 is 2.26 bits per heavy atom. The van der Waals surface area contributed by atoms with Crippen LogP contribution in [0, 0.1) is 23.4 Å². The SMILES string of the molecule is CCOc1ccc(C2CCC(CCc3ccc(-c4ccc(C(C)O)cc4)c(F)c3F)CC2)c(F)c1. The minimum absolute atomic E-state index is 0.190. The Labute approximate surface area is 205 Å². The summed E-state index contributed by atoms with van der Waals surface area (Å²) in [6, 6.07) is 15.3. The van der Waals surface area contributed by atoms with Gasteiger partial charge in [0.05, 0.1) is 12.7 Å². The third-order valence-electron chi connectivity index (χ3n) is 7.26. The fourth-order valence-corrected chi connectivity index (χ4v) is 5.16. The normalized spacial score (nSPS) is 18.9. The van der Waals surface area contributed by atoms with Crippen molar-refractivity contribution in [3.63, 3.8) is 0 Å². The van der Waals surface area contributed by atoms with Gasteiger partial charge in [-0.25, -0.2) is 13.2 Å². The molecule has 1 aliphatic rings. The molecule has 0 aliphatic heterocycles. The molecule has 0 heterocycles. The number of rotatable bonds is 8. The summed E-state index contributed by atoms with van der Waals surface area (Å²) in [5.74, 6) is -0.658. The zero-order valence-corrected chi connectivity index (χ0v) is 20.4. The molecule has 186 valence electrons. The summed E-state index contributed by atoms with van der Waals surface area (Å²) in [6.07, 6.45) is 4.36. The molecule has 0 spiro atoms. The molecule has 1 saturated carbocycles. The minimum Gasteiger partial charge on any atom is -0.494 e. The number of ether oxygens (including phenoxy) is 1. The highest BCUT2D eigenvalue weighted by molar-refractivity contribution is 5.65. The van der Waals surface area contributed by atoms with Crippen LogP contribution >= 0.6 is 0 Å². The van der Waals surface area contributed by atoms with Gasteiger partial charge in [-0.05, 0) is 92.5 Å². The molecular weight excluding hydrogens is 449 g/mol. The predicted molar refractivity (Wildman–Crippen MR) is 133 cm³/mol. The van der Waals surface area contributed by atoms with Crippen molar-refractivity contribution in [3.05, 3.63) is 88.7 Å². The van der Waals surface area contributed by atoms with Crippen molar-refractivity contribution in [2.45, 2.75) is 64.4 Å². The molecule has 35 heavy (non-hydrogen) atoms. The molecule has 5 heteroatoms. The molecule has 2 nitrogen and oxygen atoms in total. The number of benzene rings is 3. The first-order chi connectivity index (χ1) is 16.9. The van der Waals surface area contributed by atoms with E-state index in [-0.39, 0.29) is 17.3 Å². The van der Waals surface area contributed by atoms with Crippen LogP contribution in [0.1, 0.15) is 74.7 Å². The average Bonchev–Trinajstić information content (AvgIpc) is 2.86. The summed E-state index contributed by atoms with van der Waals surface area (Å²) in [5.41, 5.74) is 2.67. The van der Waals surface area contributed by atoms with E-state index in [4.69, 9.17) is 4.74 Å². The van der Waals surface area contributed by atoms with Crippen LogP contribution in [0.15, 0.2) is 54.6 Å². The van der Waals surface area contributed by atoms with E-state index in [1.165, 1.54) is 6.07 Å². The second-order valence-electron chi connectivity index (χ2n) is 9.57. The van der Waals surface area contributed by atoms with Crippen molar-refractivity contribution >= 4 is 0 Å². The first-order valence-electron chi connectivity index (χ1n) is 12.5. The average molecular weight is 483 g/mol. The largest absolute Gasteiger partial charge is 0.494 e. The van der Waals surface area contributed by atoms with Crippen molar-refractivity contribution in [1.29, 1.82) is 0 Å². The lowest BCUT2D eigenvalue weighted by Crippen LogP contribution is -2.15. The lowest BCUT2D eigenvalue weighted by molar-refractivity contribution is 0.199. The molecule has 1 aliphatic carbocycles. The molecular formula is C30H33F3O2. The molecule has 1 fully saturated rings. The Morgan fingerprint density at radius 1 is 0.914 bits per heavy atom. The van der Waals surface area contributed by atoms with E-state index >= 15 is 0 Å². The number of hydrogen-bond acceptors (Lipinski definition) is 2. The third kappa shape index (κ3) is 5.90. The molecule has 0 amide bonds. The van der Waals surface area contributed by atoms with Crippen molar-refractivity contribution in [1.82, 2.24) is 0 Å². The van der Waals surface area contributed by atoms with Gasteiger partial charge in [0.2, 0.25) is 0 Å². The first-order valence-corrected chi connectivity index (χ1v) is 12.5. The fourth-order valence-electron chi connectivity index (χ4n) is 5.16. The highest BCUT2D eigenvalue weighted by atomic mass is 19.2. The quantitative estimate of drug-likeness (QED) is 0.351. The van der Waals surface area contributed by atoms with Gasteiger partial charge in [-0.15, -0.1) is 0 Å². The van der Waals surface area contributed by atoms with E-state index in [9.17, 15) is 18.3 Å². The van der Waals surface area contributed by atoms with E-state index in [1.807, 2.05) is 19.1 Å². The zero-order chi connectivity index (χ0) is 24.9. The van der Waals surface area contributed by atoms with Crippen LogP contribution in [-0.2, 0) is 6.42 Å². The third-order valence-corrected chi connectivity index (χ3v) is 7.26. The Bertz CT molecular complexity index is 1130. The Hall–Kier alpha value is -2.79. The predicted octanol–water partition coefficient (Wildman–Crippen LogP) is 8.13. The van der Waals surface area contributed by atoms with Crippen LogP contribution in [0.3, 0.4) is 0 Å². The van der Waals surface area contributed by atoms with Gasteiger partial charge in [-0.1, -0.05) is 42.5 Å². The maximum atomic E-state index is 14.9. The number of halogens is 3. The van der Waals surface area contributed by atoms with Crippen molar-refractivity contribution in [2.24, 2.45) is 5.92 Å². The Morgan fingerprint density at radius 2 is 1.63 bits per heavy atom. The molecule has 3 aromatic rings. The van der Waals surface area contributed by atoms with Gasteiger partial charge in [0.15, 0.2) is 11.6 Å². The topological polar surface area (TPSA) is 29.5 Å². The summed E-state index contributed by atoms with van der Waals surface area (Å²) in [5, 5.41) is 9.64. The van der Waals surface area contributed by atoms with Crippen LogP contribution in [0.25, 0.3) is 11.1 Å². The molecule has 0 aromatic heterocycles. The molecule has 1 atom stereocenters. The lowest BCUT2D eigenvalue weighted by atomic mass is 9.76. The molecule has 3 aromatic carbocycles. The summed E-state index contributed by atoms with van der Waals surface area (Å²) in [7, 11) is 0. The highest BCUT2D eigenvalue weighted by Crippen LogP contribution is 2.39. The zero-order valence-electron chi connectivity index (χ0n) is 20.4. The van der Waals surface area contributed by atoms with Gasteiger partial charge in [0.25, 0.3) is 0 Å². The molecule has 0 bridgehead atoms. The second-order valence-corrected chi connectivity index (χ2v) is 9.57. The lowest BCUT2D eigenvalue weighted by Gasteiger charge is -2.29. The van der Waals surface area contributed by atoms with E-state index in [1.54, 1.807) is 43.3 Å². The van der Waals surface area contributed by atoms with Gasteiger partial charge in [0, 0.05) is 11.6 Å². The smallest absolute Gasteiger partial charge is 0.166 e. The summed E-state index contributed by atoms with van der Waals surface area (Å²) >= 11 is 0. The first kappa shape index (κ1) is 25.3. The standard InChI is InChI=1S/C30H33F3O2/c1-3-35-25-15-17-26(28(31)18-25)22-7-4-20(5-8-22)6-9-24-14-16-27(30(33)29(24)32)23-12-10-21(11-13-23)19(2)34/h10-20,22,34H,3-9H2,1-2H3. The molecule has 0 saturated heterocycles. The van der Waals surface area contributed by atoms with E-state index in [0.717, 1.165) is 43.2 Å². The van der Waals surface area contributed by atoms with Gasteiger partial charge in [-0.2, -0.15) is 0 Å². The monoisotopic (exact) mass is 482 g/mol. The van der Waals surface area contributed by atoms with Crippen molar-refractivity contribution < 1.29 is 23.0 Å². The number of aliphatic hydroxyl groups is 1. The van der Waals surface area contributed by atoms with Gasteiger partial charge in [-0.3, -0.25) is 0 Å². The van der Waals surface area contributed by atoms with Crippen molar-refractivity contribution in [3.8, 4) is 16.9 Å². The summed E-state index contributed by atoms with van der Waals surface area (Å²) < 4.78 is 49.6. The fraction of sp³-hybridized carbons (Fsp3) is 0.400. The van der Waals surface area contributed by atoms with E-state index in [2.05, 4.69) is 0 Å². The van der Waals surface area contributed by atoms with Crippen LogP contribution in [0.4, 0.5) is 13.2 Å². The minimum atomic E-state index is -0.832. The van der Waals surface area contributed by atoms with Crippen LogP contribution in [-0.4, -0.2) is 11.7 Å². The van der Waals surface area contributed by atoms with E-state index < -0.39 is 17.7 Å². The van der Waals surface area contributed by atoms with E-state index in [0.29, 0.717) is 35.8 Å². The number of hydrogen-bond donors (Lipinski definition) is 1. The van der Waals surface area contributed by atoms with Gasteiger partial charge < -0.3 is 9.84 Å². The molecule has 0 radical (unpaired) electrons. The summed E-state index contributed by atoms with van der Waals surface area (Å²) in [6.45, 7) is 4.04. The maximum absolute atomic E-state index is 14.9. The maximum Gasteiger partial charge on any atom is 0.166 e. The molecule has 4 rings (SSSR count). The number of aliphatic hydroxyl groups excluding tert-OH is 1. The number of aryl methyl sites for hydroxylation is 1. The van der Waals surface area contributed by atoms with Crippen LogP contribution in [0.5, 0.6) is 5.75 Å². The van der Waals surface area contributed by atoms with Gasteiger partial charge >= 0.3 is 0 Å². The second kappa shape index (κ2) is 11.3. The van der Waals surface area contributed by atoms with Gasteiger partial charge in [0.1, 0.15) is 11.6 Å². The molecule has 1 unspecified atom stereocenters. The molecule has 1 N–H and O–H groups in total. The van der Waals surface area contributed by atoms with Crippen molar-refractivity contribution in [2.75, 3.05) is 6.61 Å². The Kier molecular flexibility index (Phi) is 8.17. The summed E-state index contributed by atoms with van der Waals surface area (Å²) in [4.78, 5) is 0. The Balaban J connectivity index is 1.34.